The molecule has 4 heteroatoms. The molecule has 0 aliphatic carbocycles. The van der Waals surface area contributed by atoms with Gasteiger partial charge in [0, 0.05) is 18.5 Å². The molecule has 0 aliphatic rings. The van der Waals surface area contributed by atoms with Crippen molar-refractivity contribution in [2.75, 3.05) is 7.11 Å². The first kappa shape index (κ1) is 13.5. The van der Waals surface area contributed by atoms with Gasteiger partial charge in [0.15, 0.2) is 0 Å². The van der Waals surface area contributed by atoms with Crippen molar-refractivity contribution < 1.29 is 13.9 Å². The molecule has 1 aromatic heterocycles. The van der Waals surface area contributed by atoms with Crippen LogP contribution in [0.4, 0.5) is 4.39 Å². The van der Waals surface area contributed by atoms with Crippen molar-refractivity contribution in [1.82, 2.24) is 4.57 Å². The lowest BCUT2D eigenvalue weighted by molar-refractivity contribution is 0.295. The minimum absolute atomic E-state index is 0.220. The van der Waals surface area contributed by atoms with Crippen LogP contribution in [0.2, 0.25) is 0 Å². The van der Waals surface area contributed by atoms with Gasteiger partial charge in [-0.3, -0.25) is 0 Å². The van der Waals surface area contributed by atoms with Crippen LogP contribution >= 0.6 is 0 Å². The maximum absolute atomic E-state index is 13.8. The third-order valence-corrected chi connectivity index (χ3v) is 3.53. The van der Waals surface area contributed by atoms with E-state index in [-0.39, 0.29) is 5.82 Å². The Hall–Kier alpha value is -2.49. The van der Waals surface area contributed by atoms with Crippen LogP contribution in [0.1, 0.15) is 5.69 Å². The first-order valence-electron chi connectivity index (χ1n) is 6.68. The third-order valence-electron chi connectivity index (χ3n) is 3.53. The first-order chi connectivity index (χ1) is 10.2. The summed E-state index contributed by atoms with van der Waals surface area (Å²) in [5.41, 5.74) is 1.51. The largest absolute Gasteiger partial charge is 0.497 e. The topological polar surface area (TPSA) is 23.4 Å². The summed E-state index contributed by atoms with van der Waals surface area (Å²) < 4.78 is 26.6. The summed E-state index contributed by atoms with van der Waals surface area (Å²) in [4.78, 5) is 0. The zero-order chi connectivity index (χ0) is 14.8. The predicted octanol–water partition coefficient (Wildman–Crippen LogP) is 3.91. The molecule has 2 aromatic carbocycles. The number of hydrogen-bond acceptors (Lipinski definition) is 2. The molecule has 0 unspecified atom stereocenters. The van der Waals surface area contributed by atoms with Crippen molar-refractivity contribution in [2.45, 2.75) is 6.61 Å². The lowest BCUT2D eigenvalue weighted by Crippen LogP contribution is -2.02. The normalized spacial score (nSPS) is 10.8. The number of fused-ring (bicyclic) bond motifs is 1. The van der Waals surface area contributed by atoms with E-state index in [0.29, 0.717) is 12.1 Å². The smallest absolute Gasteiger partial charge is 0.147 e. The van der Waals surface area contributed by atoms with Gasteiger partial charge >= 0.3 is 0 Å². The summed E-state index contributed by atoms with van der Waals surface area (Å²) in [6.07, 6.45) is 0. The number of nitrogens with zero attached hydrogens (tertiary/aromatic N) is 1. The maximum Gasteiger partial charge on any atom is 0.147 e. The van der Waals surface area contributed by atoms with Crippen LogP contribution in [0.25, 0.3) is 10.9 Å². The molecule has 21 heavy (non-hydrogen) atoms. The Bertz CT molecular complexity index is 780. The SMILES string of the molecule is COc1cccc(OCc2cc3cccc(F)c3n2C)c1. The Labute approximate surface area is 122 Å². The molecule has 1 heterocycles. The minimum Gasteiger partial charge on any atom is -0.497 e. The molecule has 3 aromatic rings. The van der Waals surface area contributed by atoms with E-state index in [0.717, 1.165) is 22.6 Å². The van der Waals surface area contributed by atoms with Gasteiger partial charge in [0.2, 0.25) is 0 Å². The zero-order valence-electron chi connectivity index (χ0n) is 12.0. The minimum atomic E-state index is -0.220. The van der Waals surface area contributed by atoms with Crippen LogP contribution in [0.3, 0.4) is 0 Å². The van der Waals surface area contributed by atoms with Gasteiger partial charge in [0.25, 0.3) is 0 Å². The Morgan fingerprint density at radius 2 is 1.81 bits per heavy atom. The molecule has 3 rings (SSSR count). The number of halogens is 1. The van der Waals surface area contributed by atoms with Gasteiger partial charge < -0.3 is 14.0 Å². The van der Waals surface area contributed by atoms with Crippen LogP contribution in [0.5, 0.6) is 11.5 Å². The van der Waals surface area contributed by atoms with E-state index in [9.17, 15) is 4.39 Å². The summed E-state index contributed by atoms with van der Waals surface area (Å²) in [5, 5.41) is 0.877. The van der Waals surface area contributed by atoms with E-state index in [2.05, 4.69) is 0 Å². The molecular formula is C17H16FNO2. The highest BCUT2D eigenvalue weighted by Gasteiger charge is 2.10. The lowest BCUT2D eigenvalue weighted by Gasteiger charge is -2.09. The van der Waals surface area contributed by atoms with E-state index in [1.807, 2.05) is 48.0 Å². The standard InChI is InChI=1S/C17H16FNO2/c1-19-13(9-12-5-3-8-16(18)17(12)19)11-21-15-7-4-6-14(10-15)20-2/h3-10H,11H2,1-2H3. The highest BCUT2D eigenvalue weighted by atomic mass is 19.1. The fraction of sp³-hybridized carbons (Fsp3) is 0.176. The number of hydrogen-bond donors (Lipinski definition) is 0. The highest BCUT2D eigenvalue weighted by molar-refractivity contribution is 5.81. The Morgan fingerprint density at radius 1 is 1.05 bits per heavy atom. The average molecular weight is 285 g/mol. The zero-order valence-corrected chi connectivity index (χ0v) is 12.0. The molecule has 3 nitrogen and oxygen atoms in total. The summed E-state index contributed by atoms with van der Waals surface area (Å²) in [6.45, 7) is 0.373. The molecule has 0 amide bonds. The number of benzene rings is 2. The Balaban J connectivity index is 1.85. The molecule has 0 radical (unpaired) electrons. The van der Waals surface area contributed by atoms with Crippen molar-refractivity contribution in [3.05, 3.63) is 60.0 Å². The van der Waals surface area contributed by atoms with Gasteiger partial charge in [0.05, 0.1) is 18.3 Å². The predicted molar refractivity (Wildman–Crippen MR) is 80.2 cm³/mol. The second kappa shape index (κ2) is 5.48. The van der Waals surface area contributed by atoms with Crippen molar-refractivity contribution >= 4 is 10.9 Å². The number of methoxy groups -OCH3 is 1. The quantitative estimate of drug-likeness (QED) is 0.725. The second-order valence-corrected chi connectivity index (χ2v) is 4.84. The number of aromatic nitrogens is 1. The average Bonchev–Trinajstić information content (AvgIpc) is 2.83. The maximum atomic E-state index is 13.8. The van der Waals surface area contributed by atoms with Crippen LogP contribution in [0.15, 0.2) is 48.5 Å². The van der Waals surface area contributed by atoms with Gasteiger partial charge in [-0.25, -0.2) is 4.39 Å². The molecule has 0 bridgehead atoms. The number of para-hydroxylation sites is 1. The number of aryl methyl sites for hydroxylation is 1. The molecule has 0 atom stereocenters. The van der Waals surface area contributed by atoms with Crippen LogP contribution in [-0.2, 0) is 13.7 Å². The third kappa shape index (κ3) is 2.57. The number of rotatable bonds is 4. The van der Waals surface area contributed by atoms with Crippen LogP contribution in [0, 0.1) is 5.82 Å². The molecule has 0 spiro atoms. The van der Waals surface area contributed by atoms with Crippen LogP contribution in [-0.4, -0.2) is 11.7 Å². The van der Waals surface area contributed by atoms with Crippen molar-refractivity contribution in [3.8, 4) is 11.5 Å². The van der Waals surface area contributed by atoms with E-state index in [1.165, 1.54) is 6.07 Å². The Kier molecular flexibility index (Phi) is 3.52. The summed E-state index contributed by atoms with van der Waals surface area (Å²) in [7, 11) is 3.46. The van der Waals surface area contributed by atoms with E-state index < -0.39 is 0 Å². The van der Waals surface area contributed by atoms with Gasteiger partial charge in [-0.15, -0.1) is 0 Å². The first-order valence-corrected chi connectivity index (χ1v) is 6.68. The molecule has 0 N–H and O–H groups in total. The molecule has 0 saturated carbocycles. The van der Waals surface area contributed by atoms with Crippen molar-refractivity contribution in [3.63, 3.8) is 0 Å². The van der Waals surface area contributed by atoms with E-state index in [4.69, 9.17) is 9.47 Å². The van der Waals surface area contributed by atoms with E-state index in [1.54, 1.807) is 13.2 Å². The monoisotopic (exact) mass is 285 g/mol. The van der Waals surface area contributed by atoms with Gasteiger partial charge in [-0.05, 0) is 24.3 Å². The van der Waals surface area contributed by atoms with Gasteiger partial charge in [-0.1, -0.05) is 18.2 Å². The van der Waals surface area contributed by atoms with Gasteiger partial charge in [-0.2, -0.15) is 0 Å². The summed E-state index contributed by atoms with van der Waals surface area (Å²) in [5.74, 6) is 1.25. The summed E-state index contributed by atoms with van der Waals surface area (Å²) >= 11 is 0. The molecule has 108 valence electrons. The Morgan fingerprint density at radius 3 is 2.57 bits per heavy atom. The van der Waals surface area contributed by atoms with Crippen molar-refractivity contribution in [2.24, 2.45) is 7.05 Å². The molecule has 0 fully saturated rings. The van der Waals surface area contributed by atoms with Gasteiger partial charge in [0.1, 0.15) is 23.9 Å². The molecule has 0 aliphatic heterocycles. The lowest BCUT2D eigenvalue weighted by atomic mass is 10.2. The van der Waals surface area contributed by atoms with Crippen LogP contribution < -0.4 is 9.47 Å². The fourth-order valence-corrected chi connectivity index (χ4v) is 2.41. The summed E-state index contributed by atoms with van der Waals surface area (Å²) in [6, 6.07) is 14.4. The highest BCUT2D eigenvalue weighted by Crippen LogP contribution is 2.24. The number of ether oxygens (including phenoxy) is 2. The fourth-order valence-electron chi connectivity index (χ4n) is 2.41. The molecular weight excluding hydrogens is 269 g/mol. The van der Waals surface area contributed by atoms with E-state index >= 15 is 0 Å². The second-order valence-electron chi connectivity index (χ2n) is 4.84. The molecule has 0 saturated heterocycles. The van der Waals surface area contributed by atoms with Crippen molar-refractivity contribution in [1.29, 1.82) is 0 Å².